The highest BCUT2D eigenvalue weighted by Gasteiger charge is 2.20. The predicted octanol–water partition coefficient (Wildman–Crippen LogP) is 3.29. The molecule has 1 aliphatic rings. The first-order chi connectivity index (χ1) is 9.83. The molecule has 4 rings (SSSR count). The van der Waals surface area contributed by atoms with Crippen LogP contribution in [0, 0.1) is 6.92 Å². The van der Waals surface area contributed by atoms with Crippen molar-refractivity contribution in [3.05, 3.63) is 41.7 Å². The van der Waals surface area contributed by atoms with Gasteiger partial charge in [-0.15, -0.1) is 0 Å². The summed E-state index contributed by atoms with van der Waals surface area (Å²) in [5.41, 5.74) is 5.78. The van der Waals surface area contributed by atoms with Crippen LogP contribution in [0.4, 0.5) is 0 Å². The topological polar surface area (TPSA) is 56.5 Å². The number of fused-ring (bicyclic) bond motifs is 1. The Bertz CT molecular complexity index is 747. The van der Waals surface area contributed by atoms with Gasteiger partial charge >= 0.3 is 0 Å². The molecule has 0 aliphatic carbocycles. The van der Waals surface area contributed by atoms with Crippen molar-refractivity contribution in [3.63, 3.8) is 0 Å². The molecular formula is C16H18N4. The van der Waals surface area contributed by atoms with Crippen LogP contribution in [-0.2, 0) is 0 Å². The van der Waals surface area contributed by atoms with Gasteiger partial charge < -0.3 is 10.3 Å². The van der Waals surface area contributed by atoms with Gasteiger partial charge in [-0.05, 0) is 38.4 Å². The first-order valence-electron chi connectivity index (χ1n) is 7.19. The number of para-hydroxylation sites is 1. The maximum absolute atomic E-state index is 4.53. The van der Waals surface area contributed by atoms with Crippen molar-refractivity contribution in [3.8, 4) is 11.3 Å². The molecule has 0 spiro atoms. The molecule has 1 atom stereocenters. The van der Waals surface area contributed by atoms with E-state index < -0.39 is 0 Å². The second-order valence-corrected chi connectivity index (χ2v) is 5.53. The van der Waals surface area contributed by atoms with Crippen LogP contribution in [0.5, 0.6) is 0 Å². The molecule has 0 saturated carbocycles. The molecule has 3 aromatic rings. The Hall–Kier alpha value is -2.07. The predicted molar refractivity (Wildman–Crippen MR) is 80.6 cm³/mol. The Labute approximate surface area is 117 Å². The molecule has 1 aliphatic heterocycles. The number of H-pyrrole nitrogens is 2. The second-order valence-electron chi connectivity index (χ2n) is 5.53. The van der Waals surface area contributed by atoms with Gasteiger partial charge in [0.25, 0.3) is 0 Å². The van der Waals surface area contributed by atoms with E-state index in [4.69, 9.17) is 0 Å². The fourth-order valence-electron chi connectivity index (χ4n) is 3.20. The minimum absolute atomic E-state index is 0.432. The zero-order chi connectivity index (χ0) is 13.5. The fourth-order valence-corrected chi connectivity index (χ4v) is 3.20. The van der Waals surface area contributed by atoms with Crippen LogP contribution < -0.4 is 5.32 Å². The standard InChI is InChI=1S/C16H18N4/c1-10-16(11-5-2-3-6-12(11)18-10)15-9-14(19-20-15)13-7-4-8-17-13/h2-3,5-6,9,13,17-18H,4,7-8H2,1H3,(H,19,20). The number of hydrogen-bond donors (Lipinski definition) is 3. The van der Waals surface area contributed by atoms with Crippen LogP contribution in [-0.4, -0.2) is 21.7 Å². The molecular weight excluding hydrogens is 248 g/mol. The van der Waals surface area contributed by atoms with E-state index in [9.17, 15) is 0 Å². The summed E-state index contributed by atoms with van der Waals surface area (Å²) in [6.07, 6.45) is 2.43. The smallest absolute Gasteiger partial charge is 0.0948 e. The Morgan fingerprint density at radius 1 is 1.25 bits per heavy atom. The highest BCUT2D eigenvalue weighted by atomic mass is 15.1. The van der Waals surface area contributed by atoms with E-state index >= 15 is 0 Å². The number of nitrogens with zero attached hydrogens (tertiary/aromatic N) is 1. The summed E-state index contributed by atoms with van der Waals surface area (Å²) in [4.78, 5) is 3.43. The molecule has 1 fully saturated rings. The lowest BCUT2D eigenvalue weighted by Crippen LogP contribution is -2.12. The average molecular weight is 266 g/mol. The number of benzene rings is 1. The number of hydrogen-bond acceptors (Lipinski definition) is 2. The maximum Gasteiger partial charge on any atom is 0.0948 e. The van der Waals surface area contributed by atoms with Gasteiger partial charge in [-0.2, -0.15) is 5.10 Å². The zero-order valence-electron chi connectivity index (χ0n) is 11.5. The summed E-state index contributed by atoms with van der Waals surface area (Å²) in [5, 5.41) is 12.5. The lowest BCUT2D eigenvalue weighted by molar-refractivity contribution is 0.625. The largest absolute Gasteiger partial charge is 0.358 e. The normalized spacial score (nSPS) is 18.9. The maximum atomic E-state index is 4.53. The fraction of sp³-hybridized carbons (Fsp3) is 0.312. The van der Waals surface area contributed by atoms with Crippen LogP contribution >= 0.6 is 0 Å². The minimum Gasteiger partial charge on any atom is -0.358 e. The number of rotatable bonds is 2. The van der Waals surface area contributed by atoms with E-state index in [2.05, 4.69) is 57.8 Å². The average Bonchev–Trinajstić information content (AvgIpc) is 3.16. The monoisotopic (exact) mass is 266 g/mol. The van der Waals surface area contributed by atoms with E-state index in [1.165, 1.54) is 40.7 Å². The van der Waals surface area contributed by atoms with E-state index in [0.717, 1.165) is 12.2 Å². The van der Waals surface area contributed by atoms with E-state index in [-0.39, 0.29) is 0 Å². The molecule has 2 aromatic heterocycles. The minimum atomic E-state index is 0.432. The van der Waals surface area contributed by atoms with E-state index in [0.29, 0.717) is 6.04 Å². The number of aryl methyl sites for hydroxylation is 1. The molecule has 0 radical (unpaired) electrons. The van der Waals surface area contributed by atoms with Crippen molar-refractivity contribution in [2.45, 2.75) is 25.8 Å². The SMILES string of the molecule is Cc1[nH]c2ccccc2c1-c1cc(C2CCCN2)[nH]n1. The van der Waals surface area contributed by atoms with Crippen LogP contribution in [0.3, 0.4) is 0 Å². The summed E-state index contributed by atoms with van der Waals surface area (Å²) >= 11 is 0. The Balaban J connectivity index is 1.81. The molecule has 4 heteroatoms. The molecule has 20 heavy (non-hydrogen) atoms. The number of aromatic amines is 2. The highest BCUT2D eigenvalue weighted by molar-refractivity contribution is 5.96. The summed E-state index contributed by atoms with van der Waals surface area (Å²) in [6.45, 7) is 3.21. The van der Waals surface area contributed by atoms with Crippen molar-refractivity contribution in [2.75, 3.05) is 6.54 Å². The van der Waals surface area contributed by atoms with E-state index in [1.54, 1.807) is 0 Å². The molecule has 102 valence electrons. The molecule has 3 N–H and O–H groups in total. The molecule has 1 saturated heterocycles. The summed E-state index contributed by atoms with van der Waals surface area (Å²) in [7, 11) is 0. The molecule has 1 aromatic carbocycles. The zero-order valence-corrected chi connectivity index (χ0v) is 11.5. The first kappa shape index (κ1) is 11.7. The molecule has 0 bridgehead atoms. The van der Waals surface area contributed by atoms with Crippen molar-refractivity contribution in [1.82, 2.24) is 20.5 Å². The van der Waals surface area contributed by atoms with Gasteiger partial charge in [-0.1, -0.05) is 18.2 Å². The number of nitrogens with one attached hydrogen (secondary N) is 3. The molecule has 3 heterocycles. The molecule has 0 amide bonds. The number of aromatic nitrogens is 3. The van der Waals surface area contributed by atoms with Crippen LogP contribution in [0.1, 0.15) is 30.3 Å². The van der Waals surface area contributed by atoms with E-state index in [1.807, 2.05) is 0 Å². The van der Waals surface area contributed by atoms with Crippen molar-refractivity contribution in [2.24, 2.45) is 0 Å². The van der Waals surface area contributed by atoms with Gasteiger partial charge in [0.05, 0.1) is 11.4 Å². The van der Waals surface area contributed by atoms with Crippen molar-refractivity contribution < 1.29 is 0 Å². The highest BCUT2D eigenvalue weighted by Crippen LogP contribution is 2.32. The van der Waals surface area contributed by atoms with Crippen molar-refractivity contribution in [1.29, 1.82) is 0 Å². The van der Waals surface area contributed by atoms with Gasteiger partial charge in [0.2, 0.25) is 0 Å². The lowest BCUT2D eigenvalue weighted by atomic mass is 10.1. The molecule has 4 nitrogen and oxygen atoms in total. The third kappa shape index (κ3) is 1.76. The van der Waals surface area contributed by atoms with Gasteiger partial charge in [0, 0.05) is 28.2 Å². The van der Waals surface area contributed by atoms with Gasteiger partial charge in [0.15, 0.2) is 0 Å². The Morgan fingerprint density at radius 3 is 3.00 bits per heavy atom. The quantitative estimate of drug-likeness (QED) is 0.666. The third-order valence-corrected chi connectivity index (χ3v) is 4.18. The summed E-state index contributed by atoms with van der Waals surface area (Å²) in [6, 6.07) is 11.0. The van der Waals surface area contributed by atoms with Crippen LogP contribution in [0.15, 0.2) is 30.3 Å². The summed E-state index contributed by atoms with van der Waals surface area (Å²) < 4.78 is 0. The van der Waals surface area contributed by atoms with Gasteiger partial charge in [-0.3, -0.25) is 5.10 Å². The van der Waals surface area contributed by atoms with Gasteiger partial charge in [-0.25, -0.2) is 0 Å². The van der Waals surface area contributed by atoms with Crippen molar-refractivity contribution >= 4 is 10.9 Å². The molecule has 1 unspecified atom stereocenters. The second kappa shape index (κ2) is 4.49. The lowest BCUT2D eigenvalue weighted by Gasteiger charge is -2.05. The van der Waals surface area contributed by atoms with Crippen LogP contribution in [0.2, 0.25) is 0 Å². The first-order valence-corrected chi connectivity index (χ1v) is 7.19. The van der Waals surface area contributed by atoms with Crippen LogP contribution in [0.25, 0.3) is 22.2 Å². The third-order valence-electron chi connectivity index (χ3n) is 4.18. The Morgan fingerprint density at radius 2 is 2.15 bits per heavy atom. The summed E-state index contributed by atoms with van der Waals surface area (Å²) in [5.74, 6) is 0. The Kier molecular flexibility index (Phi) is 2.63. The van der Waals surface area contributed by atoms with Gasteiger partial charge in [0.1, 0.15) is 0 Å².